The zero-order valence-electron chi connectivity index (χ0n) is 14.5. The highest BCUT2D eigenvalue weighted by molar-refractivity contribution is 6.29. The monoisotopic (exact) mass is 364 g/mol. The largest absolute Gasteiger partial charge is 0.425 e. The van der Waals surface area contributed by atoms with Gasteiger partial charge in [-0.25, -0.2) is 9.78 Å². The normalized spacial score (nSPS) is 23.4. The van der Waals surface area contributed by atoms with Crippen LogP contribution in [-0.2, 0) is 4.74 Å². The molecular weight excluding hydrogens is 344 g/mol. The van der Waals surface area contributed by atoms with E-state index in [0.29, 0.717) is 28.3 Å². The smallest absolute Gasteiger partial charge is 0.411 e. The van der Waals surface area contributed by atoms with Gasteiger partial charge in [-0.2, -0.15) is 4.98 Å². The first-order valence-corrected chi connectivity index (χ1v) is 8.84. The number of halogens is 1. The number of amides is 1. The number of pyridine rings is 1. The Balaban J connectivity index is 1.51. The molecule has 8 heteroatoms. The fourth-order valence-electron chi connectivity index (χ4n) is 3.32. The Labute approximate surface area is 150 Å². The number of oxazole rings is 1. The summed E-state index contributed by atoms with van der Waals surface area (Å²) >= 11 is 5.88. The van der Waals surface area contributed by atoms with Crippen LogP contribution in [0.5, 0.6) is 0 Å². The van der Waals surface area contributed by atoms with Gasteiger partial charge in [0.15, 0.2) is 11.8 Å². The maximum absolute atomic E-state index is 12.5. The molecule has 3 aliphatic rings. The van der Waals surface area contributed by atoms with Gasteiger partial charge in [0.25, 0.3) is 6.01 Å². The SMILES string of the molecule is CC(C)(C)C(Nc1nc2nc(Cl)ccc2o1)OC(=O)N1CC2CC1C2. The maximum atomic E-state index is 12.5. The molecule has 0 radical (unpaired) electrons. The minimum absolute atomic E-state index is 0.253. The van der Waals surface area contributed by atoms with E-state index in [1.54, 1.807) is 12.1 Å². The minimum atomic E-state index is -0.582. The highest BCUT2D eigenvalue weighted by Gasteiger charge is 2.46. The average molecular weight is 365 g/mol. The lowest BCUT2D eigenvalue weighted by molar-refractivity contribution is 0.0237. The molecule has 3 fully saturated rings. The minimum Gasteiger partial charge on any atom is -0.425 e. The zero-order chi connectivity index (χ0) is 17.8. The molecule has 2 aliphatic heterocycles. The molecule has 2 aromatic heterocycles. The van der Waals surface area contributed by atoms with E-state index in [0.717, 1.165) is 19.4 Å². The summed E-state index contributed by atoms with van der Waals surface area (Å²) in [6.07, 6.45) is 1.33. The third kappa shape index (κ3) is 3.13. The number of nitrogens with zero attached hydrogens (tertiary/aromatic N) is 3. The lowest BCUT2D eigenvalue weighted by Gasteiger charge is -2.32. The summed E-state index contributed by atoms with van der Waals surface area (Å²) in [5.41, 5.74) is 0.588. The predicted octanol–water partition coefficient (Wildman–Crippen LogP) is 3.89. The van der Waals surface area contributed by atoms with Crippen molar-refractivity contribution in [2.24, 2.45) is 11.3 Å². The highest BCUT2D eigenvalue weighted by Crippen LogP contribution is 2.41. The first-order valence-electron chi connectivity index (χ1n) is 8.46. The number of carbonyl (C=O) groups excluding carboxylic acids is 1. The molecule has 1 aliphatic carbocycles. The van der Waals surface area contributed by atoms with Gasteiger partial charge in [-0.05, 0) is 30.9 Å². The molecule has 25 heavy (non-hydrogen) atoms. The Morgan fingerprint density at radius 1 is 1.40 bits per heavy atom. The van der Waals surface area contributed by atoms with Gasteiger partial charge in [0.1, 0.15) is 5.15 Å². The van der Waals surface area contributed by atoms with E-state index in [1.807, 2.05) is 25.7 Å². The Kier molecular flexibility index (Phi) is 3.79. The predicted molar refractivity (Wildman–Crippen MR) is 93.4 cm³/mol. The van der Waals surface area contributed by atoms with Crippen LogP contribution in [0.15, 0.2) is 16.5 Å². The molecule has 1 N–H and O–H groups in total. The summed E-state index contributed by atoms with van der Waals surface area (Å²) in [5, 5.41) is 3.43. The van der Waals surface area contributed by atoms with Gasteiger partial charge >= 0.3 is 6.09 Å². The Morgan fingerprint density at radius 3 is 2.80 bits per heavy atom. The second-order valence-corrected chi connectivity index (χ2v) is 8.28. The van der Waals surface area contributed by atoms with Crippen LogP contribution in [0.25, 0.3) is 11.2 Å². The number of carbonyl (C=O) groups is 1. The van der Waals surface area contributed by atoms with E-state index in [4.69, 9.17) is 20.8 Å². The first kappa shape index (κ1) is 16.4. The van der Waals surface area contributed by atoms with Crippen molar-refractivity contribution < 1.29 is 13.9 Å². The summed E-state index contributed by atoms with van der Waals surface area (Å²) in [4.78, 5) is 22.7. The number of nitrogens with one attached hydrogen (secondary N) is 1. The summed E-state index contributed by atoms with van der Waals surface area (Å²) in [5.74, 6) is 0.645. The lowest BCUT2D eigenvalue weighted by Crippen LogP contribution is -2.43. The number of ether oxygens (including phenoxy) is 1. The van der Waals surface area contributed by atoms with Crippen LogP contribution >= 0.6 is 11.6 Å². The van der Waals surface area contributed by atoms with Gasteiger partial charge in [-0.15, -0.1) is 0 Å². The van der Waals surface area contributed by atoms with E-state index in [9.17, 15) is 4.79 Å². The van der Waals surface area contributed by atoms with Crippen molar-refractivity contribution >= 4 is 34.9 Å². The van der Waals surface area contributed by atoms with Gasteiger partial charge in [-0.1, -0.05) is 32.4 Å². The number of anilines is 1. The number of rotatable bonds is 3. The number of hydrogen-bond donors (Lipinski definition) is 1. The molecular formula is C17H21ClN4O3. The van der Waals surface area contributed by atoms with E-state index in [2.05, 4.69) is 15.3 Å². The van der Waals surface area contributed by atoms with E-state index in [1.165, 1.54) is 0 Å². The third-order valence-corrected chi connectivity index (χ3v) is 5.03. The second-order valence-electron chi connectivity index (χ2n) is 7.89. The molecule has 1 saturated carbocycles. The van der Waals surface area contributed by atoms with Crippen LogP contribution in [0, 0.1) is 11.3 Å². The first-order chi connectivity index (χ1) is 11.8. The third-order valence-electron chi connectivity index (χ3n) is 4.82. The number of fused-ring (bicyclic) bond motifs is 2. The van der Waals surface area contributed by atoms with Gasteiger partial charge in [0.05, 0.1) is 0 Å². The molecule has 5 rings (SSSR count). The quantitative estimate of drug-likeness (QED) is 0.657. The molecule has 134 valence electrons. The van der Waals surface area contributed by atoms with Gasteiger partial charge in [0.2, 0.25) is 5.65 Å². The van der Waals surface area contributed by atoms with Crippen molar-refractivity contribution in [2.45, 2.75) is 45.9 Å². The van der Waals surface area contributed by atoms with Crippen LogP contribution in [0.1, 0.15) is 33.6 Å². The summed E-state index contributed by atoms with van der Waals surface area (Å²) in [6.45, 7) is 6.75. The fourth-order valence-corrected chi connectivity index (χ4v) is 3.46. The van der Waals surface area contributed by atoms with Crippen molar-refractivity contribution in [1.82, 2.24) is 14.9 Å². The van der Waals surface area contributed by atoms with Crippen LogP contribution < -0.4 is 5.32 Å². The molecule has 4 heterocycles. The highest BCUT2D eigenvalue weighted by atomic mass is 35.5. The summed E-state index contributed by atoms with van der Waals surface area (Å²) in [6, 6.07) is 3.94. The molecule has 2 saturated heterocycles. The van der Waals surface area contributed by atoms with Crippen LogP contribution in [0.2, 0.25) is 5.15 Å². The molecule has 2 bridgehead atoms. The number of aromatic nitrogens is 2. The Morgan fingerprint density at radius 2 is 2.16 bits per heavy atom. The van der Waals surface area contributed by atoms with Crippen molar-refractivity contribution in [3.63, 3.8) is 0 Å². The van der Waals surface area contributed by atoms with E-state index >= 15 is 0 Å². The van der Waals surface area contributed by atoms with E-state index < -0.39 is 6.23 Å². The van der Waals surface area contributed by atoms with Crippen molar-refractivity contribution in [3.8, 4) is 0 Å². The maximum Gasteiger partial charge on any atom is 0.411 e. The summed E-state index contributed by atoms with van der Waals surface area (Å²) < 4.78 is 11.4. The van der Waals surface area contributed by atoms with Crippen molar-refractivity contribution in [3.05, 3.63) is 17.3 Å². The average Bonchev–Trinajstić information content (AvgIpc) is 3.16. The Bertz CT molecular complexity index is 810. The van der Waals surface area contributed by atoms with Crippen LogP contribution in [-0.4, -0.2) is 39.8 Å². The van der Waals surface area contributed by atoms with Crippen molar-refractivity contribution in [2.75, 3.05) is 11.9 Å². The molecule has 1 atom stereocenters. The van der Waals surface area contributed by atoms with Gasteiger partial charge in [-0.3, -0.25) is 0 Å². The zero-order valence-corrected chi connectivity index (χ0v) is 15.2. The van der Waals surface area contributed by atoms with Crippen molar-refractivity contribution in [1.29, 1.82) is 0 Å². The van der Waals surface area contributed by atoms with E-state index in [-0.39, 0.29) is 17.5 Å². The molecule has 0 aromatic carbocycles. The molecule has 7 nitrogen and oxygen atoms in total. The molecule has 1 unspecified atom stereocenters. The standard InChI is InChI=1S/C17H21ClN4O3/c1-17(2,3)14(25-16(23)22-8-9-6-10(22)7-9)21-15-20-13-11(24-15)4-5-12(18)19-13/h4-5,9-10,14H,6-8H2,1-3H3,(H,19,20,21). The molecule has 1 amide bonds. The van der Waals surface area contributed by atoms with Crippen LogP contribution in [0.4, 0.5) is 10.8 Å². The topological polar surface area (TPSA) is 80.5 Å². The van der Waals surface area contributed by atoms with Gasteiger partial charge in [0, 0.05) is 18.0 Å². The van der Waals surface area contributed by atoms with Crippen LogP contribution in [0.3, 0.4) is 0 Å². The fraction of sp³-hybridized carbons (Fsp3) is 0.588. The summed E-state index contributed by atoms with van der Waals surface area (Å²) in [7, 11) is 0. The molecule has 0 spiro atoms. The Hall–Kier alpha value is -2.02. The van der Waals surface area contributed by atoms with Gasteiger partial charge < -0.3 is 19.4 Å². The lowest BCUT2D eigenvalue weighted by atomic mass is 9.86. The number of hydrogen-bond acceptors (Lipinski definition) is 6. The second kappa shape index (κ2) is 5.76. The molecule has 2 aromatic rings.